The second kappa shape index (κ2) is 8.82. The van der Waals surface area contributed by atoms with Crippen molar-refractivity contribution in [1.82, 2.24) is 9.80 Å². The number of likely N-dealkylation sites (tertiary alicyclic amines) is 1. The molecule has 4 heteroatoms. The first-order valence-electron chi connectivity index (χ1n) is 11.6. The van der Waals surface area contributed by atoms with Gasteiger partial charge in [0.2, 0.25) is 0 Å². The molecular weight excluding hydrogens is 411 g/mol. The topological polar surface area (TPSA) is 6.48 Å². The second-order valence-corrected chi connectivity index (χ2v) is 10.4. The van der Waals surface area contributed by atoms with Crippen LogP contribution in [0.25, 0.3) is 0 Å². The van der Waals surface area contributed by atoms with Crippen molar-refractivity contribution in [2.24, 2.45) is 5.92 Å². The van der Waals surface area contributed by atoms with Crippen molar-refractivity contribution in [3.8, 4) is 0 Å². The lowest BCUT2D eigenvalue weighted by Crippen LogP contribution is -2.51. The summed E-state index contributed by atoms with van der Waals surface area (Å²) in [6.07, 6.45) is 9.32. The van der Waals surface area contributed by atoms with E-state index in [2.05, 4.69) is 41.1 Å². The van der Waals surface area contributed by atoms with E-state index in [0.717, 1.165) is 22.0 Å². The highest BCUT2D eigenvalue weighted by molar-refractivity contribution is 6.32. The van der Waals surface area contributed by atoms with E-state index in [1.807, 2.05) is 24.3 Å². The number of nitrogens with zero attached hydrogens (tertiary/aromatic N) is 2. The molecule has 2 aromatic rings. The lowest BCUT2D eigenvalue weighted by atomic mass is 9.79. The molecule has 2 aromatic carbocycles. The molecule has 3 aliphatic heterocycles. The van der Waals surface area contributed by atoms with Crippen molar-refractivity contribution in [2.75, 3.05) is 13.6 Å². The molecule has 0 spiro atoms. The SMILES string of the molecule is CN1CCCCC1C1C[C@H]2CC[C@@H](C1)N2C(c1ccccc1Cl)c1ccccc1Cl. The van der Waals surface area contributed by atoms with Crippen molar-refractivity contribution in [1.29, 1.82) is 0 Å². The highest BCUT2D eigenvalue weighted by Gasteiger charge is 2.47. The summed E-state index contributed by atoms with van der Waals surface area (Å²) in [6.45, 7) is 1.27. The summed E-state index contributed by atoms with van der Waals surface area (Å²) in [5, 5.41) is 1.69. The van der Waals surface area contributed by atoms with Crippen molar-refractivity contribution in [3.05, 3.63) is 69.7 Å². The number of rotatable bonds is 4. The Bertz CT molecular complexity index is 825. The number of hydrogen-bond acceptors (Lipinski definition) is 2. The average molecular weight is 443 g/mol. The van der Waals surface area contributed by atoms with Gasteiger partial charge in [0.05, 0.1) is 6.04 Å². The van der Waals surface area contributed by atoms with Gasteiger partial charge in [-0.05, 0) is 81.3 Å². The van der Waals surface area contributed by atoms with Crippen LogP contribution < -0.4 is 0 Å². The zero-order chi connectivity index (χ0) is 20.7. The summed E-state index contributed by atoms with van der Waals surface area (Å²) in [6, 6.07) is 18.8. The maximum Gasteiger partial charge on any atom is 0.0635 e. The maximum absolute atomic E-state index is 6.75. The van der Waals surface area contributed by atoms with Crippen LogP contribution in [0, 0.1) is 5.92 Å². The zero-order valence-electron chi connectivity index (χ0n) is 17.8. The van der Waals surface area contributed by atoms with E-state index in [1.54, 1.807) is 0 Å². The van der Waals surface area contributed by atoms with E-state index < -0.39 is 0 Å². The molecule has 3 heterocycles. The fourth-order valence-electron chi connectivity index (χ4n) is 6.57. The molecule has 3 saturated heterocycles. The molecular formula is C26H32Cl2N2. The van der Waals surface area contributed by atoms with Crippen LogP contribution in [0.5, 0.6) is 0 Å². The predicted octanol–water partition coefficient (Wildman–Crippen LogP) is 6.81. The molecule has 0 aliphatic carbocycles. The molecule has 0 radical (unpaired) electrons. The molecule has 5 rings (SSSR count). The zero-order valence-corrected chi connectivity index (χ0v) is 19.3. The summed E-state index contributed by atoms with van der Waals surface area (Å²) in [7, 11) is 2.34. The number of halogens is 2. The van der Waals surface area contributed by atoms with Crippen molar-refractivity contribution in [3.63, 3.8) is 0 Å². The Morgan fingerprint density at radius 1 is 0.800 bits per heavy atom. The van der Waals surface area contributed by atoms with Crippen molar-refractivity contribution < 1.29 is 0 Å². The molecule has 0 N–H and O–H groups in total. The fraction of sp³-hybridized carbons (Fsp3) is 0.538. The summed E-state index contributed by atoms with van der Waals surface area (Å²) < 4.78 is 0. The minimum Gasteiger partial charge on any atom is -0.303 e. The van der Waals surface area contributed by atoms with Crippen LogP contribution in [0.4, 0.5) is 0 Å². The quantitative estimate of drug-likeness (QED) is 0.512. The van der Waals surface area contributed by atoms with Crippen LogP contribution in [0.15, 0.2) is 48.5 Å². The fourth-order valence-corrected chi connectivity index (χ4v) is 7.05. The standard InChI is InChI=1S/C26H32Cl2N2/c1-29-15-7-6-12-25(29)18-16-19-13-14-20(17-18)30(19)26(21-8-2-4-10-23(21)27)22-9-3-5-11-24(22)28/h2-5,8-11,18-20,25-26H,6-7,12-17H2,1H3/t18?,19-,20+,25?. The van der Waals surface area contributed by atoms with Crippen LogP contribution in [0.1, 0.15) is 62.1 Å². The molecule has 0 aromatic heterocycles. The number of benzene rings is 2. The van der Waals surface area contributed by atoms with E-state index in [-0.39, 0.29) is 6.04 Å². The minimum atomic E-state index is 0.134. The Morgan fingerprint density at radius 3 is 1.90 bits per heavy atom. The normalized spacial score (nSPS) is 30.1. The molecule has 2 nitrogen and oxygen atoms in total. The number of hydrogen-bond donors (Lipinski definition) is 0. The van der Waals surface area contributed by atoms with Crippen LogP contribution in [-0.2, 0) is 0 Å². The van der Waals surface area contributed by atoms with Gasteiger partial charge in [0.15, 0.2) is 0 Å². The smallest absolute Gasteiger partial charge is 0.0635 e. The monoisotopic (exact) mass is 442 g/mol. The molecule has 0 amide bonds. The molecule has 2 unspecified atom stereocenters. The Morgan fingerprint density at radius 2 is 1.37 bits per heavy atom. The number of piperidine rings is 2. The van der Waals surface area contributed by atoms with E-state index in [9.17, 15) is 0 Å². The minimum absolute atomic E-state index is 0.134. The van der Waals surface area contributed by atoms with Crippen LogP contribution in [0.3, 0.4) is 0 Å². The molecule has 3 aliphatic rings. The Balaban J connectivity index is 1.49. The highest BCUT2D eigenvalue weighted by Crippen LogP contribution is 2.49. The third kappa shape index (κ3) is 3.81. The summed E-state index contributed by atoms with van der Waals surface area (Å²) in [4.78, 5) is 5.42. The molecule has 0 saturated carbocycles. The summed E-state index contributed by atoms with van der Waals surface area (Å²) in [5.74, 6) is 0.821. The van der Waals surface area contributed by atoms with Gasteiger partial charge in [0, 0.05) is 28.2 Å². The van der Waals surface area contributed by atoms with Gasteiger partial charge in [-0.2, -0.15) is 0 Å². The Hall–Kier alpha value is -1.06. The van der Waals surface area contributed by atoms with E-state index in [1.165, 1.54) is 62.6 Å². The van der Waals surface area contributed by atoms with Crippen LogP contribution >= 0.6 is 23.2 Å². The second-order valence-electron chi connectivity index (χ2n) is 9.55. The van der Waals surface area contributed by atoms with E-state index >= 15 is 0 Å². The van der Waals surface area contributed by atoms with Crippen molar-refractivity contribution in [2.45, 2.75) is 69.1 Å². The first-order chi connectivity index (χ1) is 14.6. The van der Waals surface area contributed by atoms with Gasteiger partial charge >= 0.3 is 0 Å². The largest absolute Gasteiger partial charge is 0.303 e. The van der Waals surface area contributed by atoms with E-state index in [0.29, 0.717) is 12.1 Å². The molecule has 2 bridgehead atoms. The lowest BCUT2D eigenvalue weighted by Gasteiger charge is -2.48. The van der Waals surface area contributed by atoms with Crippen molar-refractivity contribution >= 4 is 23.2 Å². The maximum atomic E-state index is 6.75. The highest BCUT2D eigenvalue weighted by atomic mass is 35.5. The van der Waals surface area contributed by atoms with E-state index in [4.69, 9.17) is 23.2 Å². The first-order valence-corrected chi connectivity index (χ1v) is 12.4. The lowest BCUT2D eigenvalue weighted by molar-refractivity contribution is 0.0259. The predicted molar refractivity (Wildman–Crippen MR) is 126 cm³/mol. The summed E-state index contributed by atoms with van der Waals surface area (Å²) >= 11 is 13.5. The van der Waals surface area contributed by atoms with Gasteiger partial charge in [0.1, 0.15) is 0 Å². The average Bonchev–Trinajstić information content (AvgIpc) is 3.00. The Kier molecular flexibility index (Phi) is 6.12. The third-order valence-electron chi connectivity index (χ3n) is 7.89. The number of fused-ring (bicyclic) bond motifs is 2. The van der Waals surface area contributed by atoms with Gasteiger partial charge < -0.3 is 4.90 Å². The molecule has 30 heavy (non-hydrogen) atoms. The first kappa shape index (κ1) is 20.8. The third-order valence-corrected chi connectivity index (χ3v) is 8.58. The molecule has 4 atom stereocenters. The van der Waals surface area contributed by atoms with Gasteiger partial charge in [-0.15, -0.1) is 0 Å². The van der Waals surface area contributed by atoms with Gasteiger partial charge in [-0.25, -0.2) is 0 Å². The summed E-state index contributed by atoms with van der Waals surface area (Å²) in [5.41, 5.74) is 2.38. The van der Waals surface area contributed by atoms with Gasteiger partial charge in [-0.1, -0.05) is 66.0 Å². The van der Waals surface area contributed by atoms with Gasteiger partial charge in [0.25, 0.3) is 0 Å². The molecule has 3 fully saturated rings. The Labute approximate surface area is 191 Å². The van der Waals surface area contributed by atoms with Crippen LogP contribution in [0.2, 0.25) is 10.0 Å². The van der Waals surface area contributed by atoms with Gasteiger partial charge in [-0.3, -0.25) is 4.90 Å². The molecule has 160 valence electrons. The van der Waals surface area contributed by atoms with Crippen LogP contribution in [-0.4, -0.2) is 41.5 Å².